The summed E-state index contributed by atoms with van der Waals surface area (Å²) >= 11 is 0. The Morgan fingerprint density at radius 2 is 2.00 bits per heavy atom. The second-order valence-electron chi connectivity index (χ2n) is 3.59. The number of carbonyl (C=O) groups excluding carboxylic acids is 1. The number of rotatable bonds is 3. The van der Waals surface area contributed by atoms with Crippen LogP contribution in [-0.2, 0) is 0 Å². The molecule has 0 radical (unpaired) electrons. The molecular formula is C11H14O3. The Hall–Kier alpha value is -1.35. The van der Waals surface area contributed by atoms with Gasteiger partial charge in [-0.3, -0.25) is 4.79 Å². The standard InChI is InChI=1S/C11H14O3/c1-7(2)9-4-10(8(3)12)6-11(5-9)14-13/h4-7,13H,1-3H3. The number of ketones is 1. The first kappa shape index (κ1) is 10.7. The van der Waals surface area contributed by atoms with Crippen LogP contribution in [0.5, 0.6) is 5.75 Å². The van der Waals surface area contributed by atoms with Crippen LogP contribution in [0.4, 0.5) is 0 Å². The molecule has 0 amide bonds. The highest BCUT2D eigenvalue weighted by Gasteiger charge is 2.07. The molecule has 3 nitrogen and oxygen atoms in total. The zero-order valence-corrected chi connectivity index (χ0v) is 8.57. The van der Waals surface area contributed by atoms with Crippen LogP contribution in [0.2, 0.25) is 0 Å². The molecule has 0 spiro atoms. The zero-order valence-electron chi connectivity index (χ0n) is 8.57. The maximum atomic E-state index is 11.2. The van der Waals surface area contributed by atoms with E-state index >= 15 is 0 Å². The Morgan fingerprint density at radius 3 is 2.43 bits per heavy atom. The first-order valence-corrected chi connectivity index (χ1v) is 4.52. The summed E-state index contributed by atoms with van der Waals surface area (Å²) in [5.41, 5.74) is 1.53. The molecule has 1 rings (SSSR count). The van der Waals surface area contributed by atoms with Gasteiger partial charge in [-0.25, -0.2) is 5.26 Å². The molecule has 1 aromatic rings. The van der Waals surface area contributed by atoms with Crippen LogP contribution in [0, 0.1) is 0 Å². The van der Waals surface area contributed by atoms with Gasteiger partial charge >= 0.3 is 0 Å². The minimum atomic E-state index is -0.0363. The predicted molar refractivity (Wildman–Crippen MR) is 53.8 cm³/mol. The molecule has 1 aromatic carbocycles. The fourth-order valence-corrected chi connectivity index (χ4v) is 1.21. The summed E-state index contributed by atoms with van der Waals surface area (Å²) in [7, 11) is 0. The highest BCUT2D eigenvalue weighted by molar-refractivity contribution is 5.94. The van der Waals surface area contributed by atoms with E-state index in [0.29, 0.717) is 17.2 Å². The molecule has 0 heterocycles. The van der Waals surface area contributed by atoms with Gasteiger partial charge in [0.05, 0.1) is 0 Å². The quantitative estimate of drug-likeness (QED) is 0.457. The molecule has 0 unspecified atom stereocenters. The van der Waals surface area contributed by atoms with Crippen molar-refractivity contribution in [2.75, 3.05) is 0 Å². The Bertz CT molecular complexity index is 342. The Balaban J connectivity index is 3.20. The van der Waals surface area contributed by atoms with Crippen LogP contribution in [0.15, 0.2) is 18.2 Å². The maximum absolute atomic E-state index is 11.2. The summed E-state index contributed by atoms with van der Waals surface area (Å²) < 4.78 is 0. The number of hydrogen-bond acceptors (Lipinski definition) is 3. The molecule has 0 aliphatic carbocycles. The molecule has 0 saturated heterocycles. The molecule has 3 heteroatoms. The fraction of sp³-hybridized carbons (Fsp3) is 0.364. The number of carbonyl (C=O) groups is 1. The third-order valence-electron chi connectivity index (χ3n) is 2.11. The monoisotopic (exact) mass is 194 g/mol. The predicted octanol–water partition coefficient (Wildman–Crippen LogP) is 2.86. The normalized spacial score (nSPS) is 10.4. The average Bonchev–Trinajstić information content (AvgIpc) is 2.16. The van der Waals surface area contributed by atoms with Crippen molar-refractivity contribution in [3.8, 4) is 5.75 Å². The van der Waals surface area contributed by atoms with E-state index in [1.807, 2.05) is 19.9 Å². The van der Waals surface area contributed by atoms with Crippen molar-refractivity contribution in [3.05, 3.63) is 29.3 Å². The van der Waals surface area contributed by atoms with E-state index < -0.39 is 0 Å². The third kappa shape index (κ3) is 2.33. The van der Waals surface area contributed by atoms with Gasteiger partial charge in [-0.15, -0.1) is 0 Å². The van der Waals surface area contributed by atoms with E-state index in [-0.39, 0.29) is 5.78 Å². The minimum absolute atomic E-state index is 0.0363. The van der Waals surface area contributed by atoms with E-state index in [0.717, 1.165) is 5.56 Å². The van der Waals surface area contributed by atoms with Crippen molar-refractivity contribution in [1.29, 1.82) is 0 Å². The van der Waals surface area contributed by atoms with E-state index in [9.17, 15) is 4.79 Å². The molecule has 76 valence electrons. The molecule has 0 aliphatic rings. The van der Waals surface area contributed by atoms with Crippen LogP contribution in [0.25, 0.3) is 0 Å². The SMILES string of the molecule is CC(=O)c1cc(OO)cc(C(C)C)c1. The number of benzene rings is 1. The zero-order chi connectivity index (χ0) is 10.7. The summed E-state index contributed by atoms with van der Waals surface area (Å²) in [4.78, 5) is 15.3. The minimum Gasteiger partial charge on any atom is -0.340 e. The largest absolute Gasteiger partial charge is 0.340 e. The molecule has 0 aromatic heterocycles. The fourth-order valence-electron chi connectivity index (χ4n) is 1.21. The van der Waals surface area contributed by atoms with Crippen molar-refractivity contribution in [2.45, 2.75) is 26.7 Å². The van der Waals surface area contributed by atoms with Crippen LogP contribution in [0.1, 0.15) is 42.6 Å². The molecule has 0 aliphatic heterocycles. The van der Waals surface area contributed by atoms with Crippen LogP contribution in [0.3, 0.4) is 0 Å². The van der Waals surface area contributed by atoms with Crippen molar-refractivity contribution in [2.24, 2.45) is 0 Å². The van der Waals surface area contributed by atoms with Gasteiger partial charge in [-0.2, -0.15) is 0 Å². The van der Waals surface area contributed by atoms with Gasteiger partial charge in [-0.05, 0) is 36.6 Å². The van der Waals surface area contributed by atoms with Crippen molar-refractivity contribution < 1.29 is 14.9 Å². The van der Waals surface area contributed by atoms with Crippen molar-refractivity contribution >= 4 is 5.78 Å². The van der Waals surface area contributed by atoms with E-state index in [1.165, 1.54) is 13.0 Å². The lowest BCUT2D eigenvalue weighted by atomic mass is 9.99. The molecule has 14 heavy (non-hydrogen) atoms. The van der Waals surface area contributed by atoms with Crippen LogP contribution < -0.4 is 4.89 Å². The molecule has 0 fully saturated rings. The first-order chi connectivity index (χ1) is 6.54. The van der Waals surface area contributed by atoms with Gasteiger partial charge in [0, 0.05) is 5.56 Å². The Morgan fingerprint density at radius 1 is 1.36 bits per heavy atom. The maximum Gasteiger partial charge on any atom is 0.166 e. The van der Waals surface area contributed by atoms with Gasteiger partial charge in [0.1, 0.15) is 0 Å². The van der Waals surface area contributed by atoms with Crippen molar-refractivity contribution in [1.82, 2.24) is 0 Å². The summed E-state index contributed by atoms with van der Waals surface area (Å²) in [6.07, 6.45) is 0. The average molecular weight is 194 g/mol. The van der Waals surface area contributed by atoms with Crippen LogP contribution >= 0.6 is 0 Å². The summed E-state index contributed by atoms with van der Waals surface area (Å²) in [6.45, 7) is 5.52. The Kier molecular flexibility index (Phi) is 3.25. The van der Waals surface area contributed by atoms with E-state index in [1.54, 1.807) is 6.07 Å². The van der Waals surface area contributed by atoms with Crippen molar-refractivity contribution in [3.63, 3.8) is 0 Å². The number of Topliss-reactive ketones (excluding diaryl/α,β-unsaturated/α-hetero) is 1. The molecule has 0 atom stereocenters. The van der Waals surface area contributed by atoms with Gasteiger partial charge < -0.3 is 4.89 Å². The third-order valence-corrected chi connectivity index (χ3v) is 2.11. The van der Waals surface area contributed by atoms with Gasteiger partial charge in [0.25, 0.3) is 0 Å². The molecule has 0 saturated carbocycles. The van der Waals surface area contributed by atoms with Gasteiger partial charge in [0.15, 0.2) is 11.5 Å². The highest BCUT2D eigenvalue weighted by atomic mass is 17.1. The first-order valence-electron chi connectivity index (χ1n) is 4.52. The number of hydrogen-bond donors (Lipinski definition) is 1. The molecule has 1 N–H and O–H groups in total. The lowest BCUT2D eigenvalue weighted by Gasteiger charge is -2.08. The molecular weight excluding hydrogens is 180 g/mol. The lowest BCUT2D eigenvalue weighted by molar-refractivity contribution is -0.137. The summed E-state index contributed by atoms with van der Waals surface area (Å²) in [5, 5.41) is 8.54. The lowest BCUT2D eigenvalue weighted by Crippen LogP contribution is -1.97. The van der Waals surface area contributed by atoms with E-state index in [2.05, 4.69) is 4.89 Å². The Labute approximate surface area is 83.3 Å². The topological polar surface area (TPSA) is 46.5 Å². The molecule has 0 bridgehead atoms. The van der Waals surface area contributed by atoms with Gasteiger partial charge in [-0.1, -0.05) is 13.8 Å². The van der Waals surface area contributed by atoms with E-state index in [4.69, 9.17) is 5.26 Å². The summed E-state index contributed by atoms with van der Waals surface area (Å²) in [6, 6.07) is 5.06. The highest BCUT2D eigenvalue weighted by Crippen LogP contribution is 2.23. The second kappa shape index (κ2) is 4.24. The van der Waals surface area contributed by atoms with Crippen LogP contribution in [-0.4, -0.2) is 11.0 Å². The second-order valence-corrected chi connectivity index (χ2v) is 3.59. The summed E-state index contributed by atoms with van der Waals surface area (Å²) in [5.74, 6) is 0.565. The van der Waals surface area contributed by atoms with Gasteiger partial charge in [0.2, 0.25) is 0 Å². The smallest absolute Gasteiger partial charge is 0.166 e.